The van der Waals surface area contributed by atoms with E-state index < -0.39 is 0 Å². The maximum Gasteiger partial charge on any atom is 0.140 e. The minimum absolute atomic E-state index is 0.249. The molecule has 0 saturated heterocycles. The van der Waals surface area contributed by atoms with Crippen molar-refractivity contribution in [2.75, 3.05) is 0 Å². The minimum Gasteiger partial charge on any atom is -0.299 e. The number of rotatable bonds is 4. The molecule has 2 rings (SSSR count). The van der Waals surface area contributed by atoms with Crippen molar-refractivity contribution in [3.63, 3.8) is 0 Å². The van der Waals surface area contributed by atoms with Crippen molar-refractivity contribution >= 4 is 33.3 Å². The first-order chi connectivity index (χ1) is 9.10. The molecule has 0 N–H and O–H groups in total. The molecule has 2 unspecified atom stereocenters. The topological polar surface area (TPSA) is 17.1 Å². The summed E-state index contributed by atoms with van der Waals surface area (Å²) in [6, 6.07) is 5.76. The van der Waals surface area contributed by atoms with Crippen LogP contribution >= 0.6 is 27.5 Å². The van der Waals surface area contributed by atoms with E-state index in [2.05, 4.69) is 22.9 Å². The lowest BCUT2D eigenvalue weighted by atomic mass is 9.77. The van der Waals surface area contributed by atoms with Crippen LogP contribution in [0.4, 0.5) is 0 Å². The smallest absolute Gasteiger partial charge is 0.140 e. The van der Waals surface area contributed by atoms with Gasteiger partial charge in [-0.2, -0.15) is 0 Å². The largest absolute Gasteiger partial charge is 0.299 e. The van der Waals surface area contributed by atoms with Gasteiger partial charge in [-0.15, -0.1) is 0 Å². The van der Waals surface area contributed by atoms with Crippen LogP contribution in [0.15, 0.2) is 22.7 Å². The predicted molar refractivity (Wildman–Crippen MR) is 83.6 cm³/mol. The molecule has 1 aromatic carbocycles. The molecule has 1 nitrogen and oxygen atoms in total. The van der Waals surface area contributed by atoms with Crippen LogP contribution in [0.3, 0.4) is 0 Å². The summed E-state index contributed by atoms with van der Waals surface area (Å²) >= 11 is 9.57. The molecule has 1 aliphatic carbocycles. The third kappa shape index (κ3) is 4.06. The zero-order chi connectivity index (χ0) is 13.8. The van der Waals surface area contributed by atoms with Gasteiger partial charge in [0.2, 0.25) is 0 Å². The van der Waals surface area contributed by atoms with Gasteiger partial charge in [0.15, 0.2) is 0 Å². The Balaban J connectivity index is 2.00. The Bertz CT molecular complexity index is 458. The van der Waals surface area contributed by atoms with Gasteiger partial charge in [0.25, 0.3) is 0 Å². The molecule has 0 aliphatic heterocycles. The first-order valence-corrected chi connectivity index (χ1v) is 8.24. The Hall–Kier alpha value is -0.340. The quantitative estimate of drug-likeness (QED) is 0.712. The molecule has 0 spiro atoms. The van der Waals surface area contributed by atoms with Crippen molar-refractivity contribution in [3.05, 3.63) is 33.3 Å². The summed E-state index contributed by atoms with van der Waals surface area (Å²) in [5.74, 6) is 1.35. The van der Waals surface area contributed by atoms with Gasteiger partial charge in [0.05, 0.1) is 0 Å². The number of hydrogen-bond acceptors (Lipinski definition) is 1. The Morgan fingerprint density at radius 3 is 2.89 bits per heavy atom. The summed E-state index contributed by atoms with van der Waals surface area (Å²) in [6.07, 6.45) is 6.30. The lowest BCUT2D eigenvalue weighted by Gasteiger charge is -2.27. The third-order valence-electron chi connectivity index (χ3n) is 4.20. The van der Waals surface area contributed by atoms with Gasteiger partial charge >= 0.3 is 0 Å². The highest BCUT2D eigenvalue weighted by atomic mass is 79.9. The summed E-state index contributed by atoms with van der Waals surface area (Å²) in [6.45, 7) is 2.23. The highest BCUT2D eigenvalue weighted by molar-refractivity contribution is 9.10. The maximum absolute atomic E-state index is 12.4. The van der Waals surface area contributed by atoms with Crippen LogP contribution in [-0.2, 0) is 11.2 Å². The zero-order valence-corrected chi connectivity index (χ0v) is 13.6. The van der Waals surface area contributed by atoms with Crippen LogP contribution in [-0.4, -0.2) is 5.78 Å². The second kappa shape index (κ2) is 6.90. The van der Waals surface area contributed by atoms with E-state index in [1.165, 1.54) is 19.3 Å². The van der Waals surface area contributed by atoms with Gasteiger partial charge in [0.1, 0.15) is 5.78 Å². The van der Waals surface area contributed by atoms with E-state index >= 15 is 0 Å². The monoisotopic (exact) mass is 342 g/mol. The predicted octanol–water partition coefficient (Wildman–Crippen LogP) is 5.43. The average molecular weight is 344 g/mol. The molecule has 104 valence electrons. The molecule has 0 aromatic heterocycles. The first kappa shape index (κ1) is 15.1. The molecule has 1 aromatic rings. The van der Waals surface area contributed by atoms with Crippen LogP contribution in [0, 0.1) is 11.8 Å². The maximum atomic E-state index is 12.4. The Morgan fingerprint density at radius 2 is 2.21 bits per heavy atom. The zero-order valence-electron chi connectivity index (χ0n) is 11.3. The first-order valence-electron chi connectivity index (χ1n) is 7.06. The number of ketones is 1. The minimum atomic E-state index is 0.249. The Morgan fingerprint density at radius 1 is 1.42 bits per heavy atom. The summed E-state index contributed by atoms with van der Waals surface area (Å²) in [7, 11) is 0. The third-order valence-corrected chi connectivity index (χ3v) is 5.04. The van der Waals surface area contributed by atoms with E-state index in [0.717, 1.165) is 28.8 Å². The van der Waals surface area contributed by atoms with Gasteiger partial charge < -0.3 is 0 Å². The fourth-order valence-corrected chi connectivity index (χ4v) is 3.69. The molecule has 3 heteroatoms. The summed E-state index contributed by atoms with van der Waals surface area (Å²) in [5.41, 5.74) is 0.952. The van der Waals surface area contributed by atoms with Gasteiger partial charge in [-0.1, -0.05) is 59.8 Å². The van der Waals surface area contributed by atoms with E-state index in [1.54, 1.807) is 0 Å². The van der Waals surface area contributed by atoms with Gasteiger partial charge in [-0.25, -0.2) is 0 Å². The standard InChI is InChI=1S/C16H20BrClO/c1-2-11-4-3-5-13(8-11)16(19)9-12-6-7-14(17)10-15(12)18/h6-7,10-11,13H,2-5,8-9H2,1H3. The number of Topliss-reactive ketones (excluding diaryl/α,β-unsaturated/α-hetero) is 1. The lowest BCUT2D eigenvalue weighted by Crippen LogP contribution is -2.24. The molecular weight excluding hydrogens is 324 g/mol. The molecule has 1 fully saturated rings. The normalized spacial score (nSPS) is 23.3. The summed E-state index contributed by atoms with van der Waals surface area (Å²) in [5, 5.41) is 0.686. The SMILES string of the molecule is CCC1CCCC(C(=O)Cc2ccc(Br)cc2Cl)C1. The molecule has 1 aliphatic rings. The van der Waals surface area contributed by atoms with Gasteiger partial charge in [-0.05, 0) is 36.5 Å². The molecule has 0 heterocycles. The number of carbonyl (C=O) groups is 1. The lowest BCUT2D eigenvalue weighted by molar-refractivity contribution is -0.123. The Labute approximate surface area is 128 Å². The number of benzene rings is 1. The highest BCUT2D eigenvalue weighted by Gasteiger charge is 2.26. The number of hydrogen-bond donors (Lipinski definition) is 0. The number of carbonyl (C=O) groups excluding carboxylic acids is 1. The van der Waals surface area contributed by atoms with Gasteiger partial charge in [0, 0.05) is 21.8 Å². The van der Waals surface area contributed by atoms with E-state index in [1.807, 2.05) is 18.2 Å². The molecular formula is C16H20BrClO. The van der Waals surface area contributed by atoms with E-state index in [4.69, 9.17) is 11.6 Å². The fourth-order valence-electron chi connectivity index (χ4n) is 2.95. The van der Waals surface area contributed by atoms with E-state index in [-0.39, 0.29) is 5.92 Å². The second-order valence-corrected chi connectivity index (χ2v) is 6.84. The van der Waals surface area contributed by atoms with Gasteiger partial charge in [-0.3, -0.25) is 4.79 Å². The highest BCUT2D eigenvalue weighted by Crippen LogP contribution is 2.32. The second-order valence-electron chi connectivity index (χ2n) is 5.52. The molecule has 2 atom stereocenters. The molecule has 0 amide bonds. The van der Waals surface area contributed by atoms with Crippen molar-refractivity contribution in [1.29, 1.82) is 0 Å². The van der Waals surface area contributed by atoms with E-state index in [0.29, 0.717) is 17.2 Å². The summed E-state index contributed by atoms with van der Waals surface area (Å²) in [4.78, 5) is 12.4. The van der Waals surface area contributed by atoms with Crippen LogP contribution in [0.5, 0.6) is 0 Å². The van der Waals surface area contributed by atoms with Crippen LogP contribution in [0.1, 0.15) is 44.6 Å². The molecule has 0 bridgehead atoms. The molecule has 0 radical (unpaired) electrons. The number of halogens is 2. The van der Waals surface area contributed by atoms with Crippen molar-refractivity contribution in [1.82, 2.24) is 0 Å². The van der Waals surface area contributed by atoms with Crippen molar-refractivity contribution in [3.8, 4) is 0 Å². The van der Waals surface area contributed by atoms with E-state index in [9.17, 15) is 4.79 Å². The summed E-state index contributed by atoms with van der Waals surface area (Å²) < 4.78 is 0.956. The Kier molecular flexibility index (Phi) is 5.47. The molecule has 19 heavy (non-hydrogen) atoms. The molecule has 1 saturated carbocycles. The van der Waals surface area contributed by atoms with Crippen molar-refractivity contribution < 1.29 is 4.79 Å². The van der Waals surface area contributed by atoms with Crippen molar-refractivity contribution in [2.45, 2.75) is 45.4 Å². The fraction of sp³-hybridized carbons (Fsp3) is 0.562. The van der Waals surface area contributed by atoms with Crippen LogP contribution in [0.25, 0.3) is 0 Å². The average Bonchev–Trinajstić information content (AvgIpc) is 2.42. The van der Waals surface area contributed by atoms with Crippen molar-refractivity contribution in [2.24, 2.45) is 11.8 Å². The van der Waals surface area contributed by atoms with Crippen LogP contribution < -0.4 is 0 Å². The van der Waals surface area contributed by atoms with Crippen LogP contribution in [0.2, 0.25) is 5.02 Å².